The van der Waals surface area contributed by atoms with Gasteiger partial charge in [0.05, 0.1) is 37.0 Å². The number of nitrogens with zero attached hydrogens (tertiary/aromatic N) is 6. The maximum absolute atomic E-state index is 11.3. The molecule has 0 saturated carbocycles. The number of para-hydroxylation sites is 2. The number of aromatic nitrogens is 3. The number of morpholine rings is 1. The van der Waals surface area contributed by atoms with Crippen molar-refractivity contribution in [1.29, 1.82) is 0 Å². The van der Waals surface area contributed by atoms with Crippen molar-refractivity contribution in [3.05, 3.63) is 94.0 Å². The Morgan fingerprint density at radius 1 is 1.00 bits per heavy atom. The lowest BCUT2D eigenvalue weighted by molar-refractivity contribution is -0.385. The van der Waals surface area contributed by atoms with E-state index >= 15 is 0 Å². The Balaban J connectivity index is 1.29. The second kappa shape index (κ2) is 13.2. The first kappa shape index (κ1) is 27.3. The summed E-state index contributed by atoms with van der Waals surface area (Å²) in [5.41, 5.74) is 4.91. The highest BCUT2D eigenvalue weighted by Crippen LogP contribution is 2.29. The molecule has 2 heterocycles. The highest BCUT2D eigenvalue weighted by atomic mass is 16.6. The highest BCUT2D eigenvalue weighted by Gasteiger charge is 2.17. The van der Waals surface area contributed by atoms with Gasteiger partial charge in [-0.1, -0.05) is 30.3 Å². The van der Waals surface area contributed by atoms with E-state index in [9.17, 15) is 10.1 Å². The van der Waals surface area contributed by atoms with E-state index in [-0.39, 0.29) is 18.2 Å². The van der Waals surface area contributed by atoms with E-state index in [0.717, 1.165) is 11.3 Å². The Bertz CT molecular complexity index is 1510. The van der Waals surface area contributed by atoms with Gasteiger partial charge < -0.3 is 24.4 Å². The third-order valence-corrected chi connectivity index (χ3v) is 6.08. The average Bonchev–Trinajstić information content (AvgIpc) is 3.01. The van der Waals surface area contributed by atoms with Gasteiger partial charge in [-0.2, -0.15) is 20.1 Å². The van der Waals surface area contributed by atoms with Crippen LogP contribution in [-0.2, 0) is 11.3 Å². The topological polar surface area (TPSA) is 149 Å². The van der Waals surface area contributed by atoms with Crippen LogP contribution in [0.2, 0.25) is 0 Å². The normalized spacial score (nSPS) is 13.1. The lowest BCUT2D eigenvalue weighted by atomic mass is 10.2. The minimum atomic E-state index is -0.431. The van der Waals surface area contributed by atoms with Crippen LogP contribution in [0.5, 0.6) is 11.5 Å². The quantitative estimate of drug-likeness (QED) is 0.154. The second-order valence-corrected chi connectivity index (χ2v) is 8.83. The minimum Gasteiger partial charge on any atom is -0.493 e. The molecule has 1 aliphatic rings. The van der Waals surface area contributed by atoms with Crippen LogP contribution in [-0.4, -0.2) is 59.5 Å². The third kappa shape index (κ3) is 7.22. The molecule has 13 nitrogen and oxygen atoms in total. The number of methoxy groups -OCH3 is 1. The summed E-state index contributed by atoms with van der Waals surface area (Å²) in [5.74, 6) is 2.07. The molecule has 0 aliphatic carbocycles. The number of benzene rings is 3. The van der Waals surface area contributed by atoms with Crippen molar-refractivity contribution in [3.8, 4) is 11.5 Å². The van der Waals surface area contributed by atoms with E-state index in [1.807, 2.05) is 35.2 Å². The van der Waals surface area contributed by atoms with Gasteiger partial charge in [-0.15, -0.1) is 0 Å². The number of hydrogen-bond acceptors (Lipinski definition) is 12. The lowest BCUT2D eigenvalue weighted by Gasteiger charge is -2.27. The van der Waals surface area contributed by atoms with Crippen LogP contribution in [0, 0.1) is 10.1 Å². The predicted octanol–water partition coefficient (Wildman–Crippen LogP) is 4.39. The molecular formula is C28H28N8O5. The summed E-state index contributed by atoms with van der Waals surface area (Å²) >= 11 is 0. The van der Waals surface area contributed by atoms with E-state index in [4.69, 9.17) is 14.2 Å². The zero-order valence-corrected chi connectivity index (χ0v) is 22.3. The van der Waals surface area contributed by atoms with Gasteiger partial charge in [-0.25, -0.2) is 5.43 Å². The highest BCUT2D eigenvalue weighted by molar-refractivity contribution is 5.81. The first-order valence-electron chi connectivity index (χ1n) is 12.8. The summed E-state index contributed by atoms with van der Waals surface area (Å²) in [5, 5.41) is 18.8. The summed E-state index contributed by atoms with van der Waals surface area (Å²) in [6.07, 6.45) is 1.59. The number of nitro benzene ring substituents is 1. The zero-order valence-electron chi connectivity index (χ0n) is 22.3. The fraction of sp³-hybridized carbons (Fsp3) is 0.214. The molecular weight excluding hydrogens is 528 g/mol. The third-order valence-electron chi connectivity index (χ3n) is 6.08. The molecule has 0 atom stereocenters. The smallest absolute Gasteiger partial charge is 0.276 e. The van der Waals surface area contributed by atoms with E-state index in [2.05, 4.69) is 30.8 Å². The van der Waals surface area contributed by atoms with E-state index < -0.39 is 4.92 Å². The minimum absolute atomic E-state index is 0.00136. The number of ether oxygens (including phenoxy) is 3. The number of hydrogen-bond donors (Lipinski definition) is 2. The molecule has 0 unspecified atom stereocenters. The maximum atomic E-state index is 11.3. The van der Waals surface area contributed by atoms with Crippen molar-refractivity contribution < 1.29 is 19.1 Å². The van der Waals surface area contributed by atoms with Crippen LogP contribution in [0.25, 0.3) is 0 Å². The molecule has 0 spiro atoms. The molecule has 1 fully saturated rings. The van der Waals surface area contributed by atoms with Crippen LogP contribution >= 0.6 is 0 Å². The number of anilines is 4. The Morgan fingerprint density at radius 2 is 1.76 bits per heavy atom. The van der Waals surface area contributed by atoms with Crippen LogP contribution < -0.4 is 25.1 Å². The van der Waals surface area contributed by atoms with Crippen LogP contribution in [0.4, 0.5) is 29.2 Å². The average molecular weight is 557 g/mol. The van der Waals surface area contributed by atoms with Crippen molar-refractivity contribution in [3.63, 3.8) is 0 Å². The van der Waals surface area contributed by atoms with Gasteiger partial charge in [0.25, 0.3) is 5.69 Å². The Morgan fingerprint density at radius 3 is 2.54 bits per heavy atom. The van der Waals surface area contributed by atoms with Gasteiger partial charge in [0.15, 0.2) is 11.5 Å². The standard InChI is InChI=1S/C28H28N8O5/c1-39-25-17-20(11-12-24(25)41-19-21-7-5-6-10-23(21)36(37)38)18-29-34-27-31-26(30-22-8-3-2-4-9-22)32-28(33-27)35-13-15-40-16-14-35/h2-12,17-18H,13-16,19H2,1H3,(H2,30,31,32,33,34)/b29-18-. The lowest BCUT2D eigenvalue weighted by Crippen LogP contribution is -2.37. The van der Waals surface area contributed by atoms with E-state index in [0.29, 0.717) is 55.3 Å². The van der Waals surface area contributed by atoms with Crippen LogP contribution in [0.1, 0.15) is 11.1 Å². The Kier molecular flexibility index (Phi) is 8.76. The zero-order chi connectivity index (χ0) is 28.4. The number of nitrogens with one attached hydrogen (secondary N) is 2. The number of hydrazone groups is 1. The van der Waals surface area contributed by atoms with Crippen molar-refractivity contribution in [2.75, 3.05) is 49.1 Å². The molecule has 0 amide bonds. The molecule has 0 radical (unpaired) electrons. The number of rotatable bonds is 11. The number of nitro groups is 1. The monoisotopic (exact) mass is 556 g/mol. The van der Waals surface area contributed by atoms with Crippen LogP contribution in [0.15, 0.2) is 77.9 Å². The van der Waals surface area contributed by atoms with Gasteiger partial charge in [0.2, 0.25) is 17.8 Å². The molecule has 1 saturated heterocycles. The van der Waals surface area contributed by atoms with Gasteiger partial charge in [0.1, 0.15) is 6.61 Å². The van der Waals surface area contributed by atoms with E-state index in [1.165, 1.54) is 13.2 Å². The van der Waals surface area contributed by atoms with Gasteiger partial charge in [-0.3, -0.25) is 10.1 Å². The molecule has 2 N–H and O–H groups in total. The molecule has 3 aromatic carbocycles. The summed E-state index contributed by atoms with van der Waals surface area (Å²) in [6, 6.07) is 21.3. The Hall–Kier alpha value is -5.30. The van der Waals surface area contributed by atoms with Gasteiger partial charge >= 0.3 is 0 Å². The second-order valence-electron chi connectivity index (χ2n) is 8.83. The molecule has 0 bridgehead atoms. The molecule has 5 rings (SSSR count). The van der Waals surface area contributed by atoms with Gasteiger partial charge in [0, 0.05) is 24.8 Å². The molecule has 1 aliphatic heterocycles. The molecule has 4 aromatic rings. The molecule has 13 heteroatoms. The van der Waals surface area contributed by atoms with Crippen LogP contribution in [0.3, 0.4) is 0 Å². The van der Waals surface area contributed by atoms with Crippen molar-refractivity contribution in [2.45, 2.75) is 6.61 Å². The molecule has 41 heavy (non-hydrogen) atoms. The first-order chi connectivity index (χ1) is 20.1. The largest absolute Gasteiger partial charge is 0.493 e. The summed E-state index contributed by atoms with van der Waals surface area (Å²) in [4.78, 5) is 26.5. The first-order valence-corrected chi connectivity index (χ1v) is 12.8. The van der Waals surface area contributed by atoms with E-state index in [1.54, 1.807) is 42.6 Å². The Labute approximate surface area is 236 Å². The molecule has 1 aromatic heterocycles. The van der Waals surface area contributed by atoms with Crippen molar-refractivity contribution in [1.82, 2.24) is 15.0 Å². The van der Waals surface area contributed by atoms with Crippen molar-refractivity contribution in [2.24, 2.45) is 5.10 Å². The summed E-state index contributed by atoms with van der Waals surface area (Å²) in [6.45, 7) is 2.55. The maximum Gasteiger partial charge on any atom is 0.276 e. The molecule has 210 valence electrons. The predicted molar refractivity (Wildman–Crippen MR) is 154 cm³/mol. The fourth-order valence-electron chi connectivity index (χ4n) is 4.04. The van der Waals surface area contributed by atoms with Gasteiger partial charge in [-0.05, 0) is 42.0 Å². The summed E-state index contributed by atoms with van der Waals surface area (Å²) < 4.78 is 16.8. The SMILES string of the molecule is COc1cc(/C=N\Nc2nc(Nc3ccccc3)nc(N3CCOCC3)n2)ccc1OCc1ccccc1[N+](=O)[O-]. The van der Waals surface area contributed by atoms with Crippen molar-refractivity contribution >= 4 is 35.4 Å². The fourth-order valence-corrected chi connectivity index (χ4v) is 4.04. The summed E-state index contributed by atoms with van der Waals surface area (Å²) in [7, 11) is 1.52.